The first-order valence-electron chi connectivity index (χ1n) is 11.1. The number of fused-ring (bicyclic) bond motifs is 1. The Labute approximate surface area is 206 Å². The Morgan fingerprint density at radius 2 is 1.91 bits per heavy atom. The number of esters is 1. The van der Waals surface area contributed by atoms with Crippen LogP contribution in [0.3, 0.4) is 0 Å². The van der Waals surface area contributed by atoms with Gasteiger partial charge in [0.15, 0.2) is 0 Å². The van der Waals surface area contributed by atoms with Crippen molar-refractivity contribution in [3.63, 3.8) is 0 Å². The number of carbonyl (C=O) groups is 1. The van der Waals surface area contributed by atoms with E-state index in [9.17, 15) is 4.79 Å². The molecule has 1 aromatic heterocycles. The molecule has 0 amide bonds. The van der Waals surface area contributed by atoms with Gasteiger partial charge < -0.3 is 14.8 Å². The van der Waals surface area contributed by atoms with Crippen LogP contribution in [0.5, 0.6) is 5.75 Å². The normalized spacial score (nSPS) is 15.0. The minimum Gasteiger partial charge on any atom is -0.497 e. The second-order valence-corrected chi connectivity index (χ2v) is 8.82. The van der Waals surface area contributed by atoms with E-state index >= 15 is 0 Å². The van der Waals surface area contributed by atoms with Crippen LogP contribution >= 0.6 is 24.0 Å². The number of nitrogens with one attached hydrogen (secondary N) is 1. The predicted molar refractivity (Wildman–Crippen MR) is 134 cm³/mol. The van der Waals surface area contributed by atoms with Gasteiger partial charge in [-0.05, 0) is 74.5 Å². The van der Waals surface area contributed by atoms with Gasteiger partial charge in [0.2, 0.25) is 0 Å². The Hall–Kier alpha value is -2.34. The van der Waals surface area contributed by atoms with Crippen LogP contribution in [0.25, 0.3) is 10.9 Å². The highest BCUT2D eigenvalue weighted by Gasteiger charge is 2.40. The van der Waals surface area contributed by atoms with Crippen LogP contribution < -0.4 is 10.1 Å². The number of hydrogen-bond donors (Lipinski definition) is 1. The highest BCUT2D eigenvalue weighted by Crippen LogP contribution is 2.37. The van der Waals surface area contributed by atoms with E-state index < -0.39 is 5.41 Å². The summed E-state index contributed by atoms with van der Waals surface area (Å²) in [5.41, 5.74) is 2.50. The average Bonchev–Trinajstić information content (AvgIpc) is 2.84. The second-order valence-electron chi connectivity index (χ2n) is 8.41. The molecule has 1 aliphatic heterocycles. The van der Waals surface area contributed by atoms with Crippen molar-refractivity contribution in [1.82, 2.24) is 10.3 Å². The van der Waals surface area contributed by atoms with Crippen LogP contribution in [0.4, 0.5) is 0 Å². The number of rotatable bonds is 8. The molecule has 1 N–H and O–H groups in total. The molecule has 5 nitrogen and oxygen atoms in total. The van der Waals surface area contributed by atoms with Gasteiger partial charge in [-0.1, -0.05) is 41.9 Å². The number of ether oxygens (including phenoxy) is 2. The van der Waals surface area contributed by atoms with Crippen molar-refractivity contribution in [2.75, 3.05) is 20.2 Å². The van der Waals surface area contributed by atoms with Gasteiger partial charge in [0.05, 0.1) is 23.1 Å². The van der Waals surface area contributed by atoms with Crippen LogP contribution in [-0.4, -0.2) is 31.2 Å². The van der Waals surface area contributed by atoms with E-state index in [-0.39, 0.29) is 18.4 Å². The van der Waals surface area contributed by atoms with Crippen LogP contribution in [0.15, 0.2) is 54.7 Å². The summed E-state index contributed by atoms with van der Waals surface area (Å²) in [4.78, 5) is 17.6. The summed E-state index contributed by atoms with van der Waals surface area (Å²) >= 11 is 6.53. The number of methoxy groups -OCH3 is 1. The lowest BCUT2D eigenvalue weighted by Gasteiger charge is -2.35. The molecule has 4 rings (SSSR count). The highest BCUT2D eigenvalue weighted by molar-refractivity contribution is 6.32. The second kappa shape index (κ2) is 11.7. The fourth-order valence-corrected chi connectivity index (χ4v) is 4.77. The molecule has 0 unspecified atom stereocenters. The largest absolute Gasteiger partial charge is 0.497 e. The van der Waals surface area contributed by atoms with Gasteiger partial charge in [0.25, 0.3) is 0 Å². The van der Waals surface area contributed by atoms with E-state index in [1.54, 1.807) is 13.3 Å². The van der Waals surface area contributed by atoms with Crippen molar-refractivity contribution in [3.05, 3.63) is 70.9 Å². The summed E-state index contributed by atoms with van der Waals surface area (Å²) in [7, 11) is 1.65. The molecule has 0 spiro atoms. The maximum atomic E-state index is 13.2. The van der Waals surface area contributed by atoms with Gasteiger partial charge >= 0.3 is 5.97 Å². The van der Waals surface area contributed by atoms with Gasteiger partial charge in [-0.3, -0.25) is 9.78 Å². The van der Waals surface area contributed by atoms with Crippen LogP contribution in [0.2, 0.25) is 5.02 Å². The predicted octanol–water partition coefficient (Wildman–Crippen LogP) is 5.75. The van der Waals surface area contributed by atoms with Gasteiger partial charge in [0.1, 0.15) is 12.4 Å². The molecule has 2 heterocycles. The third-order valence-electron chi connectivity index (χ3n) is 6.42. The van der Waals surface area contributed by atoms with Gasteiger partial charge in [0, 0.05) is 11.6 Å². The molecular weight excluding hydrogens is 459 g/mol. The minimum atomic E-state index is -0.451. The molecule has 1 fully saturated rings. The maximum Gasteiger partial charge on any atom is 0.312 e. The third kappa shape index (κ3) is 5.97. The molecule has 1 aliphatic rings. The van der Waals surface area contributed by atoms with E-state index in [2.05, 4.69) is 10.3 Å². The molecule has 7 heteroatoms. The first kappa shape index (κ1) is 25.3. The molecule has 0 bridgehead atoms. The number of aryl methyl sites for hydroxylation is 1. The zero-order valence-corrected chi connectivity index (χ0v) is 20.4. The van der Waals surface area contributed by atoms with Crippen molar-refractivity contribution < 1.29 is 14.3 Å². The molecule has 33 heavy (non-hydrogen) atoms. The standard InChI is InChI=1S/C26H29ClN2O3.ClH/c1-31-20-9-10-24-22(16-20)21(23(27)17-29-24)8-5-11-26(12-14-28-15-13-26)25(30)32-18-19-6-3-2-4-7-19;/h2-4,6-7,9-10,16-17,28H,5,8,11-15,18H2,1H3;1H. The van der Waals surface area contributed by atoms with Gasteiger partial charge in [-0.15, -0.1) is 12.4 Å². The van der Waals surface area contributed by atoms with Crippen molar-refractivity contribution in [2.45, 2.75) is 38.7 Å². The SMILES string of the molecule is COc1ccc2ncc(Cl)c(CCCC3(C(=O)OCc4ccccc4)CCNCC3)c2c1.Cl. The Kier molecular flexibility index (Phi) is 8.95. The van der Waals surface area contributed by atoms with Gasteiger partial charge in [-0.25, -0.2) is 0 Å². The number of carbonyl (C=O) groups excluding carboxylic acids is 1. The number of halogens is 2. The maximum absolute atomic E-state index is 13.2. The van der Waals surface area contributed by atoms with E-state index in [4.69, 9.17) is 21.1 Å². The number of hydrogen-bond acceptors (Lipinski definition) is 5. The molecule has 1 saturated heterocycles. The van der Waals surface area contributed by atoms with Crippen molar-refractivity contribution in [1.29, 1.82) is 0 Å². The Balaban J connectivity index is 0.00000306. The Morgan fingerprint density at radius 1 is 1.15 bits per heavy atom. The van der Waals surface area contributed by atoms with Crippen molar-refractivity contribution >= 4 is 40.9 Å². The zero-order chi connectivity index (χ0) is 22.4. The monoisotopic (exact) mass is 488 g/mol. The number of piperidine rings is 1. The first-order valence-corrected chi connectivity index (χ1v) is 11.5. The van der Waals surface area contributed by atoms with Gasteiger partial charge in [-0.2, -0.15) is 0 Å². The summed E-state index contributed by atoms with van der Waals surface area (Å²) in [6, 6.07) is 15.7. The Morgan fingerprint density at radius 3 is 2.64 bits per heavy atom. The smallest absolute Gasteiger partial charge is 0.312 e. The molecule has 0 radical (unpaired) electrons. The lowest BCUT2D eigenvalue weighted by molar-refractivity contribution is -0.159. The lowest BCUT2D eigenvalue weighted by Crippen LogP contribution is -2.43. The van der Waals surface area contributed by atoms with Crippen molar-refractivity contribution in [3.8, 4) is 5.75 Å². The summed E-state index contributed by atoms with van der Waals surface area (Å²) in [5, 5.41) is 5.02. The van der Waals surface area contributed by atoms with Crippen molar-refractivity contribution in [2.24, 2.45) is 5.41 Å². The topological polar surface area (TPSA) is 60.5 Å². The fourth-order valence-electron chi connectivity index (χ4n) is 4.52. The van der Waals surface area contributed by atoms with Crippen LogP contribution in [0.1, 0.15) is 36.8 Å². The number of nitrogens with zero attached hydrogens (tertiary/aromatic N) is 1. The van der Waals surface area contributed by atoms with E-state index in [1.807, 2.05) is 48.5 Å². The van der Waals surface area contributed by atoms with E-state index in [0.717, 1.165) is 73.0 Å². The third-order valence-corrected chi connectivity index (χ3v) is 6.75. The summed E-state index contributed by atoms with van der Waals surface area (Å²) in [6.45, 7) is 1.97. The number of benzene rings is 2. The molecule has 2 aromatic carbocycles. The van der Waals surface area contributed by atoms with Crippen LogP contribution in [-0.2, 0) is 22.6 Å². The number of pyridine rings is 1. The molecule has 3 aromatic rings. The highest BCUT2D eigenvalue weighted by atomic mass is 35.5. The molecule has 0 saturated carbocycles. The number of aromatic nitrogens is 1. The zero-order valence-electron chi connectivity index (χ0n) is 18.8. The minimum absolute atomic E-state index is 0. The quantitative estimate of drug-likeness (QED) is 0.408. The molecule has 0 aliphatic carbocycles. The summed E-state index contributed by atoms with van der Waals surface area (Å²) < 4.78 is 11.2. The van der Waals surface area contributed by atoms with E-state index in [1.165, 1.54) is 0 Å². The molecule has 0 atom stereocenters. The average molecular weight is 489 g/mol. The first-order chi connectivity index (χ1) is 15.6. The molecular formula is C26H30Cl2N2O3. The Bertz CT molecular complexity index is 1070. The summed E-state index contributed by atoms with van der Waals surface area (Å²) in [5.74, 6) is 0.692. The summed E-state index contributed by atoms with van der Waals surface area (Å²) in [6.07, 6.45) is 5.67. The van der Waals surface area contributed by atoms with E-state index in [0.29, 0.717) is 11.6 Å². The fraction of sp³-hybridized carbons (Fsp3) is 0.385. The molecule has 176 valence electrons. The van der Waals surface area contributed by atoms with Crippen LogP contribution in [0, 0.1) is 5.41 Å². The lowest BCUT2D eigenvalue weighted by atomic mass is 9.74.